The largest absolute Gasteiger partial charge is 0.349 e. The number of aromatic nitrogens is 2. The summed E-state index contributed by atoms with van der Waals surface area (Å²) in [7, 11) is 0. The molecule has 1 aromatic carbocycles. The van der Waals surface area contributed by atoms with Gasteiger partial charge in [0.25, 0.3) is 5.91 Å². The summed E-state index contributed by atoms with van der Waals surface area (Å²) in [4.78, 5) is 33.4. The molecule has 3 rings (SSSR count). The summed E-state index contributed by atoms with van der Waals surface area (Å²) in [6.07, 6.45) is 2.75. The minimum absolute atomic E-state index is 0.0570. The Morgan fingerprint density at radius 1 is 1.27 bits per heavy atom. The van der Waals surface area contributed by atoms with Crippen LogP contribution in [0, 0.1) is 5.82 Å². The van der Waals surface area contributed by atoms with Crippen LogP contribution in [0.4, 0.5) is 9.18 Å². The minimum atomic E-state index is -0.486. The van der Waals surface area contributed by atoms with Crippen LogP contribution in [0.15, 0.2) is 18.5 Å². The molecule has 0 spiro atoms. The Balaban J connectivity index is 1.60. The number of rotatable bonds is 2. The molecule has 1 aromatic heterocycles. The van der Waals surface area contributed by atoms with Crippen LogP contribution in [-0.2, 0) is 0 Å². The molecule has 1 fully saturated rings. The number of hydrogen-bond acceptors (Lipinski definition) is 3. The zero-order valence-corrected chi connectivity index (χ0v) is 15.2. The van der Waals surface area contributed by atoms with E-state index >= 15 is 0 Å². The summed E-state index contributed by atoms with van der Waals surface area (Å²) >= 11 is 0. The second kappa shape index (κ2) is 6.93. The van der Waals surface area contributed by atoms with Gasteiger partial charge in [-0.05, 0) is 45.7 Å². The normalized spacial score (nSPS) is 15.9. The number of carbonyl (C=O) groups is 2. The third-order valence-corrected chi connectivity index (χ3v) is 4.33. The maximum absolute atomic E-state index is 13.7. The number of H-pyrrole nitrogens is 1. The molecule has 0 unspecified atom stereocenters. The Hall–Kier alpha value is -2.64. The fourth-order valence-corrected chi connectivity index (χ4v) is 3.08. The standard InChI is InChI=1S/C18H24FN5O2/c1-18(2,3)23-17(26)24-6-4-12(5-7-24)22-16(25)13-8-11(19)9-14-15(13)21-10-20-14/h8-10,12H,4-7H2,1-3H3,(H,20,21)(H,22,25)(H,23,26). The predicted molar refractivity (Wildman–Crippen MR) is 96.4 cm³/mol. The number of likely N-dealkylation sites (tertiary alicyclic amines) is 1. The lowest BCUT2D eigenvalue weighted by atomic mass is 10.0. The van der Waals surface area contributed by atoms with Gasteiger partial charge in [-0.3, -0.25) is 4.79 Å². The van der Waals surface area contributed by atoms with E-state index in [1.165, 1.54) is 18.5 Å². The van der Waals surface area contributed by atoms with E-state index in [-0.39, 0.29) is 29.1 Å². The van der Waals surface area contributed by atoms with Gasteiger partial charge in [0.2, 0.25) is 0 Å². The van der Waals surface area contributed by atoms with Gasteiger partial charge in [0, 0.05) is 24.7 Å². The van der Waals surface area contributed by atoms with Gasteiger partial charge in [-0.15, -0.1) is 0 Å². The average Bonchev–Trinajstić information content (AvgIpc) is 3.01. The van der Waals surface area contributed by atoms with Crippen LogP contribution in [0.1, 0.15) is 44.0 Å². The van der Waals surface area contributed by atoms with Crippen molar-refractivity contribution >= 4 is 23.0 Å². The number of amides is 3. The number of halogens is 1. The van der Waals surface area contributed by atoms with E-state index < -0.39 is 5.82 Å². The number of benzene rings is 1. The van der Waals surface area contributed by atoms with Crippen molar-refractivity contribution in [2.75, 3.05) is 13.1 Å². The summed E-state index contributed by atoms with van der Waals surface area (Å²) in [5.74, 6) is -0.834. The third kappa shape index (κ3) is 4.12. The van der Waals surface area contributed by atoms with Gasteiger partial charge in [-0.25, -0.2) is 14.2 Å². The van der Waals surface area contributed by atoms with E-state index in [2.05, 4.69) is 20.6 Å². The second-order valence-corrected chi connectivity index (χ2v) is 7.67. The van der Waals surface area contributed by atoms with Crippen LogP contribution in [0.25, 0.3) is 11.0 Å². The zero-order valence-electron chi connectivity index (χ0n) is 15.2. The summed E-state index contributed by atoms with van der Waals surface area (Å²) in [5.41, 5.74) is 0.873. The van der Waals surface area contributed by atoms with Crippen LogP contribution in [-0.4, -0.2) is 51.5 Å². The molecule has 1 saturated heterocycles. The van der Waals surface area contributed by atoms with E-state index in [1.807, 2.05) is 20.8 Å². The molecule has 8 heteroatoms. The molecule has 0 saturated carbocycles. The molecule has 3 amide bonds. The SMILES string of the molecule is CC(C)(C)NC(=O)N1CCC(NC(=O)c2cc(F)cc3[nH]cnc23)CC1. The van der Waals surface area contributed by atoms with E-state index in [4.69, 9.17) is 0 Å². The highest BCUT2D eigenvalue weighted by atomic mass is 19.1. The van der Waals surface area contributed by atoms with E-state index in [9.17, 15) is 14.0 Å². The molecule has 1 aliphatic rings. The number of nitrogens with zero attached hydrogens (tertiary/aromatic N) is 2. The summed E-state index contributed by atoms with van der Waals surface area (Å²) in [6.45, 7) is 6.94. The maximum Gasteiger partial charge on any atom is 0.317 e. The van der Waals surface area contributed by atoms with Gasteiger partial charge in [-0.1, -0.05) is 0 Å². The monoisotopic (exact) mass is 361 g/mol. The van der Waals surface area contributed by atoms with Crippen molar-refractivity contribution in [2.45, 2.75) is 45.2 Å². The number of nitrogens with one attached hydrogen (secondary N) is 3. The van der Waals surface area contributed by atoms with Gasteiger partial charge >= 0.3 is 6.03 Å². The lowest BCUT2D eigenvalue weighted by Crippen LogP contribution is -2.53. The first kappa shape index (κ1) is 18.2. The Kier molecular flexibility index (Phi) is 4.84. The first-order valence-electron chi connectivity index (χ1n) is 8.73. The molecule has 140 valence electrons. The molecule has 0 aliphatic carbocycles. The number of aromatic amines is 1. The van der Waals surface area contributed by atoms with Crippen LogP contribution in [0.2, 0.25) is 0 Å². The number of imidazole rings is 1. The van der Waals surface area contributed by atoms with E-state index in [0.29, 0.717) is 37.0 Å². The van der Waals surface area contributed by atoms with Gasteiger partial charge in [-0.2, -0.15) is 0 Å². The number of hydrogen-bond donors (Lipinski definition) is 3. The van der Waals surface area contributed by atoms with Crippen LogP contribution in [0.5, 0.6) is 0 Å². The first-order valence-corrected chi connectivity index (χ1v) is 8.73. The van der Waals surface area contributed by atoms with Gasteiger partial charge in [0.15, 0.2) is 0 Å². The van der Waals surface area contributed by atoms with E-state index in [0.717, 1.165) is 0 Å². The third-order valence-electron chi connectivity index (χ3n) is 4.33. The Morgan fingerprint density at radius 3 is 2.62 bits per heavy atom. The summed E-state index contributed by atoms with van der Waals surface area (Å²) in [6, 6.07) is 2.36. The number of carbonyl (C=O) groups excluding carboxylic acids is 2. The molecule has 0 bridgehead atoms. The predicted octanol–water partition coefficient (Wildman–Crippen LogP) is 2.40. The number of fused-ring (bicyclic) bond motifs is 1. The van der Waals surface area contributed by atoms with Crippen molar-refractivity contribution in [3.05, 3.63) is 29.8 Å². The van der Waals surface area contributed by atoms with Crippen molar-refractivity contribution in [3.8, 4) is 0 Å². The molecular formula is C18H24FN5O2. The van der Waals surface area contributed by atoms with Gasteiger partial charge < -0.3 is 20.5 Å². The lowest BCUT2D eigenvalue weighted by Gasteiger charge is -2.34. The molecule has 7 nitrogen and oxygen atoms in total. The number of piperidine rings is 1. The first-order chi connectivity index (χ1) is 12.2. The fourth-order valence-electron chi connectivity index (χ4n) is 3.08. The maximum atomic E-state index is 13.7. The van der Waals surface area contributed by atoms with Crippen molar-refractivity contribution in [1.82, 2.24) is 25.5 Å². The van der Waals surface area contributed by atoms with Crippen molar-refractivity contribution in [3.63, 3.8) is 0 Å². The van der Waals surface area contributed by atoms with Crippen LogP contribution in [0.3, 0.4) is 0 Å². The average molecular weight is 361 g/mol. The quantitative estimate of drug-likeness (QED) is 0.767. The molecule has 0 atom stereocenters. The molecular weight excluding hydrogens is 337 g/mol. The van der Waals surface area contributed by atoms with Crippen LogP contribution < -0.4 is 10.6 Å². The van der Waals surface area contributed by atoms with Gasteiger partial charge in [0.05, 0.1) is 17.4 Å². The van der Waals surface area contributed by atoms with E-state index in [1.54, 1.807) is 4.90 Å². The smallest absolute Gasteiger partial charge is 0.317 e. The molecule has 1 aliphatic heterocycles. The number of urea groups is 1. The molecule has 0 radical (unpaired) electrons. The molecule has 26 heavy (non-hydrogen) atoms. The topological polar surface area (TPSA) is 90.1 Å². The van der Waals surface area contributed by atoms with Crippen LogP contribution >= 0.6 is 0 Å². The lowest BCUT2D eigenvalue weighted by molar-refractivity contribution is 0.0918. The summed E-state index contributed by atoms with van der Waals surface area (Å²) in [5, 5.41) is 5.87. The highest BCUT2D eigenvalue weighted by Gasteiger charge is 2.26. The Morgan fingerprint density at radius 2 is 1.96 bits per heavy atom. The second-order valence-electron chi connectivity index (χ2n) is 7.67. The minimum Gasteiger partial charge on any atom is -0.349 e. The van der Waals surface area contributed by atoms with Crippen molar-refractivity contribution in [2.24, 2.45) is 0 Å². The van der Waals surface area contributed by atoms with Crippen molar-refractivity contribution < 1.29 is 14.0 Å². The molecule has 3 N–H and O–H groups in total. The molecule has 2 aromatic rings. The Bertz CT molecular complexity index is 819. The summed E-state index contributed by atoms with van der Waals surface area (Å²) < 4.78 is 13.7. The Labute approximate surface area is 151 Å². The fraction of sp³-hybridized carbons (Fsp3) is 0.500. The molecule has 2 heterocycles. The highest BCUT2D eigenvalue weighted by molar-refractivity contribution is 6.04. The highest BCUT2D eigenvalue weighted by Crippen LogP contribution is 2.18. The zero-order chi connectivity index (χ0) is 18.9. The van der Waals surface area contributed by atoms with Gasteiger partial charge in [0.1, 0.15) is 11.3 Å². The van der Waals surface area contributed by atoms with Crippen molar-refractivity contribution in [1.29, 1.82) is 0 Å².